The summed E-state index contributed by atoms with van der Waals surface area (Å²) in [5.41, 5.74) is 0. The summed E-state index contributed by atoms with van der Waals surface area (Å²) in [6, 6.07) is 0. The number of nitrogens with zero attached hydrogens (tertiary/aromatic N) is 3. The average molecular weight is 524 g/mol. The van der Waals surface area contributed by atoms with E-state index >= 15 is 0 Å². The Hall–Kier alpha value is -0.120. The second kappa shape index (κ2) is 26.1. The summed E-state index contributed by atoms with van der Waals surface area (Å²) in [5, 5.41) is 0. The monoisotopic (exact) mass is 524 g/mol. The van der Waals surface area contributed by atoms with Crippen LogP contribution in [0.2, 0.25) is 0 Å². The number of hydrogen-bond donors (Lipinski definition) is 0. The molecule has 0 aromatic carbocycles. The van der Waals surface area contributed by atoms with Gasteiger partial charge < -0.3 is 0 Å². The number of unbranched alkanes of at least 4 members (excludes halogenated alkanes) is 24. The van der Waals surface area contributed by atoms with Gasteiger partial charge in [-0.25, -0.2) is 0 Å². The largest absolute Gasteiger partial charge is 0.279 e. The summed E-state index contributed by atoms with van der Waals surface area (Å²) in [6.45, 7) is 2.31. The van der Waals surface area contributed by atoms with Crippen molar-refractivity contribution in [3.8, 4) is 0 Å². The Morgan fingerprint density at radius 1 is 0.297 bits per heavy atom. The zero-order valence-electron chi connectivity index (χ0n) is 27.2. The molecule has 0 bridgehead atoms. The van der Waals surface area contributed by atoms with Crippen molar-refractivity contribution in [2.24, 2.45) is 0 Å². The van der Waals surface area contributed by atoms with Crippen molar-refractivity contribution >= 4 is 0 Å². The molecule has 0 aromatic heterocycles. The van der Waals surface area contributed by atoms with Gasteiger partial charge >= 0.3 is 0 Å². The summed E-state index contributed by atoms with van der Waals surface area (Å²) in [6.07, 6.45) is 37.6. The summed E-state index contributed by atoms with van der Waals surface area (Å²) in [7, 11) is 13.2. The highest BCUT2D eigenvalue weighted by molar-refractivity contribution is 4.82. The van der Waals surface area contributed by atoms with Gasteiger partial charge in [0.1, 0.15) is 5.79 Å². The minimum Gasteiger partial charge on any atom is -0.279 e. The Balaban J connectivity index is 3.33. The molecule has 0 radical (unpaired) electrons. The van der Waals surface area contributed by atoms with Crippen LogP contribution < -0.4 is 0 Å². The van der Waals surface area contributed by atoms with Crippen molar-refractivity contribution in [1.82, 2.24) is 14.7 Å². The Morgan fingerprint density at radius 3 is 0.676 bits per heavy atom. The molecule has 0 fully saturated rings. The van der Waals surface area contributed by atoms with E-state index in [0.717, 1.165) is 0 Å². The zero-order valence-corrected chi connectivity index (χ0v) is 27.2. The van der Waals surface area contributed by atoms with E-state index in [1.165, 1.54) is 167 Å². The number of hydrogen-bond acceptors (Lipinski definition) is 3. The molecule has 0 saturated heterocycles. The Bertz CT molecular complexity index is 425. The first-order chi connectivity index (χ1) is 17.9. The lowest BCUT2D eigenvalue weighted by Crippen LogP contribution is -2.63. The van der Waals surface area contributed by atoms with E-state index in [-0.39, 0.29) is 5.79 Å². The van der Waals surface area contributed by atoms with Crippen LogP contribution in [0.1, 0.15) is 174 Å². The first-order valence-corrected chi connectivity index (χ1v) is 16.9. The quantitative estimate of drug-likeness (QED) is 0.0713. The van der Waals surface area contributed by atoms with Gasteiger partial charge in [0.15, 0.2) is 0 Å². The lowest BCUT2D eigenvalue weighted by atomic mass is 10.0. The van der Waals surface area contributed by atoms with Crippen molar-refractivity contribution in [3.05, 3.63) is 0 Å². The molecular weight excluding hydrogens is 450 g/mol. The molecule has 0 N–H and O–H groups in total. The highest BCUT2D eigenvalue weighted by Gasteiger charge is 2.36. The second-order valence-electron chi connectivity index (χ2n) is 12.7. The van der Waals surface area contributed by atoms with Gasteiger partial charge in [0.25, 0.3) is 0 Å². The SMILES string of the molecule is CCCCCCCCCCCCCCCCCCCCCCCCCCCC(N(C)C)(N(C)C)N(C)C. The molecule has 0 heterocycles. The highest BCUT2D eigenvalue weighted by Crippen LogP contribution is 2.26. The normalized spacial score (nSPS) is 12.5. The summed E-state index contributed by atoms with van der Waals surface area (Å²) < 4.78 is 0. The van der Waals surface area contributed by atoms with Gasteiger partial charge in [-0.05, 0) is 55.1 Å². The van der Waals surface area contributed by atoms with Gasteiger partial charge in [0.05, 0.1) is 0 Å². The first kappa shape index (κ1) is 36.9. The molecule has 0 saturated carbocycles. The van der Waals surface area contributed by atoms with Crippen LogP contribution in [0.15, 0.2) is 0 Å². The molecule has 0 rings (SSSR count). The molecule has 224 valence electrons. The maximum atomic E-state index is 2.37. The Kier molecular flexibility index (Phi) is 26.0. The molecule has 0 aliphatic heterocycles. The van der Waals surface area contributed by atoms with Crippen LogP contribution in [-0.2, 0) is 0 Å². The van der Waals surface area contributed by atoms with Gasteiger partial charge in [-0.3, -0.25) is 14.7 Å². The van der Waals surface area contributed by atoms with Crippen LogP contribution in [0.4, 0.5) is 0 Å². The molecular formula is C34H73N3. The van der Waals surface area contributed by atoms with Crippen molar-refractivity contribution < 1.29 is 0 Å². The molecule has 3 heteroatoms. The van der Waals surface area contributed by atoms with E-state index in [1.54, 1.807) is 0 Å². The fourth-order valence-electron chi connectivity index (χ4n) is 6.37. The minimum absolute atomic E-state index is 0.0344. The van der Waals surface area contributed by atoms with Gasteiger partial charge in [0, 0.05) is 0 Å². The maximum Gasteiger partial charge on any atom is 0.129 e. The molecule has 0 aliphatic rings. The highest BCUT2D eigenvalue weighted by atomic mass is 15.5. The fourth-order valence-corrected chi connectivity index (χ4v) is 6.37. The van der Waals surface area contributed by atoms with E-state index in [4.69, 9.17) is 0 Å². The molecule has 0 spiro atoms. The molecule has 0 unspecified atom stereocenters. The van der Waals surface area contributed by atoms with E-state index in [1.807, 2.05) is 0 Å². The predicted molar refractivity (Wildman–Crippen MR) is 170 cm³/mol. The summed E-state index contributed by atoms with van der Waals surface area (Å²) in [4.78, 5) is 7.10. The topological polar surface area (TPSA) is 9.72 Å². The van der Waals surface area contributed by atoms with E-state index in [0.29, 0.717) is 0 Å². The van der Waals surface area contributed by atoms with Crippen LogP contribution in [0.3, 0.4) is 0 Å². The van der Waals surface area contributed by atoms with E-state index < -0.39 is 0 Å². The maximum absolute atomic E-state index is 2.37. The number of rotatable bonds is 29. The standard InChI is InChI=1S/C34H73N3/c1-8-9-10-11-12-13-14-15-16-17-18-19-20-21-22-23-24-25-26-27-28-29-30-31-32-33-34(35(2)3,36(4)5)37(6)7/h8-33H2,1-7H3. The van der Waals surface area contributed by atoms with Crippen LogP contribution in [0.25, 0.3) is 0 Å². The molecule has 0 amide bonds. The Morgan fingerprint density at radius 2 is 0.486 bits per heavy atom. The summed E-state index contributed by atoms with van der Waals surface area (Å²) >= 11 is 0. The van der Waals surface area contributed by atoms with Gasteiger partial charge in [-0.1, -0.05) is 161 Å². The third-order valence-corrected chi connectivity index (χ3v) is 8.76. The third-order valence-electron chi connectivity index (χ3n) is 8.76. The van der Waals surface area contributed by atoms with E-state index in [2.05, 4.69) is 63.9 Å². The van der Waals surface area contributed by atoms with Crippen LogP contribution in [0.5, 0.6) is 0 Å². The van der Waals surface area contributed by atoms with Crippen molar-refractivity contribution in [2.45, 2.75) is 180 Å². The second-order valence-corrected chi connectivity index (χ2v) is 12.7. The lowest BCUT2D eigenvalue weighted by Gasteiger charge is -2.50. The summed E-state index contributed by atoms with van der Waals surface area (Å²) in [5.74, 6) is 0.0344. The van der Waals surface area contributed by atoms with Crippen molar-refractivity contribution in [1.29, 1.82) is 0 Å². The van der Waals surface area contributed by atoms with Gasteiger partial charge in [-0.15, -0.1) is 0 Å². The van der Waals surface area contributed by atoms with Crippen LogP contribution >= 0.6 is 0 Å². The molecule has 0 atom stereocenters. The van der Waals surface area contributed by atoms with E-state index in [9.17, 15) is 0 Å². The predicted octanol–water partition coefficient (Wildman–Crippen LogP) is 10.5. The Labute approximate surface area is 236 Å². The smallest absolute Gasteiger partial charge is 0.129 e. The van der Waals surface area contributed by atoms with Crippen molar-refractivity contribution in [3.63, 3.8) is 0 Å². The van der Waals surface area contributed by atoms with Crippen molar-refractivity contribution in [2.75, 3.05) is 42.3 Å². The first-order valence-electron chi connectivity index (χ1n) is 16.9. The van der Waals surface area contributed by atoms with Crippen LogP contribution in [-0.4, -0.2) is 62.8 Å². The molecule has 3 nitrogen and oxygen atoms in total. The molecule has 37 heavy (non-hydrogen) atoms. The molecule has 0 aliphatic carbocycles. The third kappa shape index (κ3) is 19.6. The average Bonchev–Trinajstić information content (AvgIpc) is 2.85. The zero-order chi connectivity index (χ0) is 27.6. The molecule has 0 aromatic rings. The minimum atomic E-state index is 0.0344. The van der Waals surface area contributed by atoms with Gasteiger partial charge in [0.2, 0.25) is 0 Å². The fraction of sp³-hybridized carbons (Fsp3) is 1.00. The van der Waals surface area contributed by atoms with Gasteiger partial charge in [-0.2, -0.15) is 0 Å². The lowest BCUT2D eigenvalue weighted by molar-refractivity contribution is -0.115. The van der Waals surface area contributed by atoms with Crippen LogP contribution in [0, 0.1) is 0 Å².